The number of pyridine rings is 1. The number of carbonyl (C=O) groups excluding carboxylic acids is 1. The van der Waals surface area contributed by atoms with Gasteiger partial charge in [0.25, 0.3) is 11.5 Å². The fraction of sp³-hybridized carbons (Fsp3) is 0.231. The lowest BCUT2D eigenvalue weighted by molar-refractivity contribution is 0.0950. The van der Waals surface area contributed by atoms with Crippen molar-refractivity contribution in [2.24, 2.45) is 0 Å². The lowest BCUT2D eigenvalue weighted by atomic mass is 9.96. The van der Waals surface area contributed by atoms with Crippen LogP contribution in [0.1, 0.15) is 45.6 Å². The molecule has 0 saturated heterocycles. The van der Waals surface area contributed by atoms with Crippen molar-refractivity contribution < 1.29 is 13.6 Å². The van der Waals surface area contributed by atoms with E-state index < -0.39 is 11.4 Å². The number of amides is 1. The van der Waals surface area contributed by atoms with Crippen molar-refractivity contribution in [1.29, 1.82) is 0 Å². The van der Waals surface area contributed by atoms with Crippen LogP contribution in [0, 0.1) is 25.5 Å². The molecule has 1 aliphatic carbocycles. The fourth-order valence-corrected chi connectivity index (χ4v) is 4.05. The zero-order chi connectivity index (χ0) is 24.0. The van der Waals surface area contributed by atoms with Crippen molar-refractivity contribution in [2.45, 2.75) is 39.2 Å². The first kappa shape index (κ1) is 21.9. The van der Waals surface area contributed by atoms with Gasteiger partial charge in [0.05, 0.1) is 17.4 Å². The highest BCUT2D eigenvalue weighted by molar-refractivity contribution is 5.96. The Bertz CT molecular complexity index is 1510. The maximum Gasteiger partial charge on any atom is 0.256 e. The summed E-state index contributed by atoms with van der Waals surface area (Å²) < 4.78 is 28.2. The number of benzene rings is 2. The second-order valence-corrected chi connectivity index (χ2v) is 8.76. The summed E-state index contributed by atoms with van der Waals surface area (Å²) in [6, 6.07) is 9.01. The Morgan fingerprint density at radius 2 is 1.91 bits per heavy atom. The summed E-state index contributed by atoms with van der Waals surface area (Å²) in [6.07, 6.45) is 3.71. The number of nitrogens with one attached hydrogen (secondary N) is 2. The summed E-state index contributed by atoms with van der Waals surface area (Å²) in [5.74, 6) is -1.24. The van der Waals surface area contributed by atoms with Gasteiger partial charge >= 0.3 is 0 Å². The molecule has 34 heavy (non-hydrogen) atoms. The zero-order valence-corrected chi connectivity index (χ0v) is 18.7. The minimum atomic E-state index is -0.557. The number of halogens is 2. The lowest BCUT2D eigenvalue weighted by Gasteiger charge is -2.12. The second kappa shape index (κ2) is 8.44. The van der Waals surface area contributed by atoms with E-state index in [9.17, 15) is 18.4 Å². The standard InChI is InChI=1S/C26H22F2N4O2/c1-13-7-18(27)4-3-15(13)11-23-24-17(12-29-32-23)9-21(26(34)31-24)20-8-16(10-22(28)14(20)2)25(33)30-19-5-6-19/h3-4,7-10,12,19H,5-6,11H2,1-2H3,(H,30,33)(H,31,34). The van der Waals surface area contributed by atoms with Gasteiger partial charge < -0.3 is 10.3 Å². The van der Waals surface area contributed by atoms with E-state index in [2.05, 4.69) is 20.5 Å². The number of hydrogen-bond acceptors (Lipinski definition) is 4. The van der Waals surface area contributed by atoms with Crippen molar-refractivity contribution in [3.63, 3.8) is 0 Å². The molecule has 2 N–H and O–H groups in total. The quantitative estimate of drug-likeness (QED) is 0.463. The van der Waals surface area contributed by atoms with Crippen LogP contribution < -0.4 is 10.9 Å². The van der Waals surface area contributed by atoms with Gasteiger partial charge in [0.15, 0.2) is 0 Å². The summed E-state index contributed by atoms with van der Waals surface area (Å²) in [4.78, 5) is 28.5. The SMILES string of the molecule is Cc1cc(F)ccc1Cc1nncc2cc(-c3cc(C(=O)NC4CC4)cc(F)c3C)c(=O)[nH]c12. The van der Waals surface area contributed by atoms with E-state index in [4.69, 9.17) is 0 Å². The molecular weight excluding hydrogens is 438 g/mol. The second-order valence-electron chi connectivity index (χ2n) is 8.76. The van der Waals surface area contributed by atoms with Gasteiger partial charge in [-0.2, -0.15) is 10.2 Å². The topological polar surface area (TPSA) is 87.7 Å². The van der Waals surface area contributed by atoms with Crippen LogP contribution in [0.5, 0.6) is 0 Å². The smallest absolute Gasteiger partial charge is 0.256 e. The van der Waals surface area contributed by atoms with Crippen LogP contribution in [0.4, 0.5) is 8.78 Å². The predicted octanol–water partition coefficient (Wildman–Crippen LogP) is 4.36. The normalized spacial score (nSPS) is 13.3. The first-order chi connectivity index (χ1) is 16.3. The van der Waals surface area contributed by atoms with Crippen LogP contribution in [0.2, 0.25) is 0 Å². The van der Waals surface area contributed by atoms with E-state index >= 15 is 0 Å². The molecule has 1 amide bonds. The van der Waals surface area contributed by atoms with E-state index in [0.29, 0.717) is 28.6 Å². The lowest BCUT2D eigenvalue weighted by Crippen LogP contribution is -2.25. The van der Waals surface area contributed by atoms with Crippen LogP contribution in [0.3, 0.4) is 0 Å². The van der Waals surface area contributed by atoms with Crippen LogP contribution in [0.25, 0.3) is 22.0 Å². The van der Waals surface area contributed by atoms with Gasteiger partial charge in [0.1, 0.15) is 11.6 Å². The number of carbonyl (C=O) groups is 1. The van der Waals surface area contributed by atoms with E-state index in [1.165, 1.54) is 24.4 Å². The Labute approximate surface area is 194 Å². The van der Waals surface area contributed by atoms with Gasteiger partial charge in [-0.15, -0.1) is 0 Å². The maximum atomic E-state index is 14.7. The zero-order valence-electron chi connectivity index (χ0n) is 18.7. The van der Waals surface area contributed by atoms with E-state index in [-0.39, 0.29) is 34.5 Å². The fourth-order valence-electron chi connectivity index (χ4n) is 4.05. The summed E-state index contributed by atoms with van der Waals surface area (Å²) in [5.41, 5.74) is 3.27. The first-order valence-corrected chi connectivity index (χ1v) is 11.0. The molecule has 6 nitrogen and oxygen atoms in total. The molecule has 2 aromatic heterocycles. The number of aryl methyl sites for hydroxylation is 1. The number of fused-ring (bicyclic) bond motifs is 1. The van der Waals surface area contributed by atoms with Crippen molar-refractivity contribution in [1.82, 2.24) is 20.5 Å². The molecule has 2 aromatic carbocycles. The van der Waals surface area contributed by atoms with Gasteiger partial charge in [-0.3, -0.25) is 9.59 Å². The number of aromatic amines is 1. The molecule has 0 radical (unpaired) electrons. The molecule has 2 heterocycles. The average Bonchev–Trinajstić information content (AvgIpc) is 3.61. The number of hydrogen-bond donors (Lipinski definition) is 2. The Morgan fingerprint density at radius 1 is 1.12 bits per heavy atom. The largest absolute Gasteiger partial charge is 0.349 e. The van der Waals surface area contributed by atoms with Gasteiger partial charge in [-0.05, 0) is 79.3 Å². The Hall–Kier alpha value is -3.94. The minimum Gasteiger partial charge on any atom is -0.349 e. The maximum absolute atomic E-state index is 14.7. The van der Waals surface area contributed by atoms with Crippen LogP contribution in [-0.2, 0) is 6.42 Å². The number of aromatic nitrogens is 3. The molecule has 0 aliphatic heterocycles. The first-order valence-electron chi connectivity index (χ1n) is 11.0. The molecule has 1 aliphatic rings. The summed E-state index contributed by atoms with van der Waals surface area (Å²) in [6.45, 7) is 3.38. The van der Waals surface area contributed by atoms with Gasteiger partial charge in [0.2, 0.25) is 0 Å². The van der Waals surface area contributed by atoms with Gasteiger partial charge in [-0.1, -0.05) is 6.07 Å². The van der Waals surface area contributed by atoms with Crippen LogP contribution in [-0.4, -0.2) is 27.1 Å². The summed E-state index contributed by atoms with van der Waals surface area (Å²) in [7, 11) is 0. The third kappa shape index (κ3) is 4.19. The average molecular weight is 460 g/mol. The highest BCUT2D eigenvalue weighted by Crippen LogP contribution is 2.28. The summed E-state index contributed by atoms with van der Waals surface area (Å²) >= 11 is 0. The molecular formula is C26H22F2N4O2. The predicted molar refractivity (Wildman–Crippen MR) is 125 cm³/mol. The van der Waals surface area contributed by atoms with E-state index in [1.54, 1.807) is 25.1 Å². The Morgan fingerprint density at radius 3 is 2.65 bits per heavy atom. The number of rotatable bonds is 5. The molecule has 8 heteroatoms. The molecule has 5 rings (SSSR count). The molecule has 4 aromatic rings. The Balaban J connectivity index is 1.58. The van der Waals surface area contributed by atoms with Gasteiger partial charge in [0, 0.05) is 29.0 Å². The third-order valence-electron chi connectivity index (χ3n) is 6.21. The van der Waals surface area contributed by atoms with E-state index in [0.717, 1.165) is 24.0 Å². The van der Waals surface area contributed by atoms with Crippen LogP contribution in [0.15, 0.2) is 47.4 Å². The molecule has 0 atom stereocenters. The summed E-state index contributed by atoms with van der Waals surface area (Å²) in [5, 5.41) is 11.7. The molecule has 0 bridgehead atoms. The van der Waals surface area contributed by atoms with E-state index in [1.807, 2.05) is 6.92 Å². The van der Waals surface area contributed by atoms with Crippen molar-refractivity contribution in [3.05, 3.63) is 92.5 Å². The van der Waals surface area contributed by atoms with Crippen molar-refractivity contribution in [3.8, 4) is 11.1 Å². The number of nitrogens with zero attached hydrogens (tertiary/aromatic N) is 2. The number of H-pyrrole nitrogens is 1. The van der Waals surface area contributed by atoms with Crippen molar-refractivity contribution in [2.75, 3.05) is 0 Å². The highest BCUT2D eigenvalue weighted by Gasteiger charge is 2.25. The Kier molecular flexibility index (Phi) is 5.43. The van der Waals surface area contributed by atoms with Gasteiger partial charge in [-0.25, -0.2) is 8.78 Å². The highest BCUT2D eigenvalue weighted by atomic mass is 19.1. The molecule has 0 unspecified atom stereocenters. The van der Waals surface area contributed by atoms with Crippen molar-refractivity contribution >= 4 is 16.8 Å². The van der Waals surface area contributed by atoms with Crippen LogP contribution >= 0.6 is 0 Å². The molecule has 1 saturated carbocycles. The third-order valence-corrected chi connectivity index (χ3v) is 6.21. The minimum absolute atomic E-state index is 0.131. The molecule has 1 fully saturated rings. The molecule has 0 spiro atoms. The molecule has 172 valence electrons. The monoisotopic (exact) mass is 460 g/mol.